The van der Waals surface area contributed by atoms with Crippen molar-refractivity contribution in [3.8, 4) is 5.69 Å². The van der Waals surface area contributed by atoms with E-state index >= 15 is 0 Å². The summed E-state index contributed by atoms with van der Waals surface area (Å²) < 4.78 is 16.2. The molecule has 0 bridgehead atoms. The third-order valence-corrected chi connectivity index (χ3v) is 4.36. The van der Waals surface area contributed by atoms with Crippen LogP contribution in [0.15, 0.2) is 47.5 Å². The predicted molar refractivity (Wildman–Crippen MR) is 95.4 cm³/mol. The van der Waals surface area contributed by atoms with Crippen molar-refractivity contribution in [3.63, 3.8) is 0 Å². The van der Waals surface area contributed by atoms with Crippen LogP contribution in [0.3, 0.4) is 0 Å². The fourth-order valence-electron chi connectivity index (χ4n) is 3.05. The number of aromatic nitrogens is 3. The number of fused-ring (bicyclic) bond motifs is 3. The lowest BCUT2D eigenvalue weighted by Crippen LogP contribution is -2.17. The van der Waals surface area contributed by atoms with Crippen LogP contribution in [0.2, 0.25) is 5.02 Å². The van der Waals surface area contributed by atoms with Gasteiger partial charge in [0.25, 0.3) is 0 Å². The first kappa shape index (κ1) is 16.8. The van der Waals surface area contributed by atoms with Crippen LogP contribution in [0.1, 0.15) is 22.8 Å². The van der Waals surface area contributed by atoms with Crippen molar-refractivity contribution in [1.82, 2.24) is 19.8 Å². The second-order valence-electron chi connectivity index (χ2n) is 5.99. The minimum absolute atomic E-state index is 0.185. The van der Waals surface area contributed by atoms with Gasteiger partial charge < -0.3 is 5.21 Å². The molecule has 1 N–H and O–H groups in total. The molecule has 3 aromatic rings. The van der Waals surface area contributed by atoms with Gasteiger partial charge >= 0.3 is 0 Å². The summed E-state index contributed by atoms with van der Waals surface area (Å²) >= 11 is 6.21. The summed E-state index contributed by atoms with van der Waals surface area (Å²) in [6.07, 6.45) is 0. The summed E-state index contributed by atoms with van der Waals surface area (Å²) in [5.41, 5.74) is 2.33. The van der Waals surface area contributed by atoms with Crippen molar-refractivity contribution >= 4 is 17.3 Å². The van der Waals surface area contributed by atoms with Gasteiger partial charge in [-0.3, -0.25) is 9.56 Å². The van der Waals surface area contributed by atoms with Crippen molar-refractivity contribution < 1.29 is 9.60 Å². The highest BCUT2D eigenvalue weighted by Gasteiger charge is 2.24. The highest BCUT2D eigenvalue weighted by molar-refractivity contribution is 6.31. The van der Waals surface area contributed by atoms with E-state index in [1.54, 1.807) is 30.3 Å². The number of benzene rings is 2. The van der Waals surface area contributed by atoms with E-state index in [0.717, 1.165) is 10.8 Å². The summed E-state index contributed by atoms with van der Waals surface area (Å²) in [4.78, 5) is 4.59. The molecule has 8 heteroatoms. The van der Waals surface area contributed by atoms with Gasteiger partial charge in [0, 0.05) is 23.2 Å². The molecule has 1 aliphatic rings. The molecule has 4 rings (SSSR count). The molecule has 1 aliphatic heterocycles. The first-order valence-electron chi connectivity index (χ1n) is 7.97. The molecule has 0 aliphatic carbocycles. The lowest BCUT2D eigenvalue weighted by molar-refractivity contribution is -0.0754. The number of hydrogen-bond acceptors (Lipinski definition) is 5. The topological polar surface area (TPSA) is 66.5 Å². The van der Waals surface area contributed by atoms with Crippen LogP contribution in [0.5, 0.6) is 0 Å². The quantitative estimate of drug-likeness (QED) is 0.718. The van der Waals surface area contributed by atoms with E-state index in [1.807, 2.05) is 10.6 Å². The highest BCUT2D eigenvalue weighted by Crippen LogP contribution is 2.29. The number of nitrogens with zero attached hydrogens (tertiary/aromatic N) is 5. The molecule has 0 amide bonds. The molecule has 0 spiro atoms. The largest absolute Gasteiger partial charge is 0.314 e. The van der Waals surface area contributed by atoms with E-state index in [2.05, 4.69) is 15.2 Å². The van der Waals surface area contributed by atoms with Crippen LogP contribution in [0.4, 0.5) is 4.39 Å². The maximum absolute atomic E-state index is 14.4. The van der Waals surface area contributed by atoms with Gasteiger partial charge in [-0.25, -0.2) is 4.39 Å². The van der Waals surface area contributed by atoms with Crippen LogP contribution in [-0.2, 0) is 13.1 Å². The van der Waals surface area contributed by atoms with Crippen molar-refractivity contribution in [2.75, 3.05) is 7.05 Å². The maximum atomic E-state index is 14.4. The molecular weight excluding hydrogens is 357 g/mol. The second-order valence-corrected chi connectivity index (χ2v) is 6.43. The standard InChI is InChI=1S/C18H15ClFN5O/c1-24(26)10-17-23-22-16-9-21-18(12-4-2-3-5-14(12)20)13-8-11(19)6-7-15(13)25(16)17/h2-8,26H,9-10H2,1H3. The monoisotopic (exact) mass is 371 g/mol. The van der Waals surface area contributed by atoms with E-state index in [1.165, 1.54) is 13.1 Å². The molecule has 26 heavy (non-hydrogen) atoms. The normalized spacial score (nSPS) is 13.2. The molecule has 0 radical (unpaired) electrons. The summed E-state index contributed by atoms with van der Waals surface area (Å²) in [5, 5.41) is 19.5. The molecule has 1 aromatic heterocycles. The van der Waals surface area contributed by atoms with Gasteiger partial charge in [0.1, 0.15) is 12.4 Å². The van der Waals surface area contributed by atoms with Crippen molar-refractivity contribution in [3.05, 3.63) is 76.1 Å². The molecule has 0 saturated carbocycles. The third kappa shape index (κ3) is 2.90. The Labute approximate surface area is 154 Å². The van der Waals surface area contributed by atoms with Crippen molar-refractivity contribution in [2.45, 2.75) is 13.1 Å². The fourth-order valence-corrected chi connectivity index (χ4v) is 3.22. The lowest BCUT2D eigenvalue weighted by atomic mass is 10.00. The molecule has 2 heterocycles. The van der Waals surface area contributed by atoms with Crippen LogP contribution < -0.4 is 0 Å². The number of hydrogen-bond donors (Lipinski definition) is 1. The Morgan fingerprint density at radius 2 is 2.00 bits per heavy atom. The van der Waals surface area contributed by atoms with Gasteiger partial charge in [-0.15, -0.1) is 10.2 Å². The Morgan fingerprint density at radius 1 is 1.19 bits per heavy atom. The minimum atomic E-state index is -0.356. The first-order valence-corrected chi connectivity index (χ1v) is 8.35. The number of rotatable bonds is 3. The van der Waals surface area contributed by atoms with Crippen LogP contribution in [-0.4, -0.2) is 37.8 Å². The van der Waals surface area contributed by atoms with Gasteiger partial charge in [-0.1, -0.05) is 23.7 Å². The Bertz CT molecular complexity index is 1010. The fraction of sp³-hybridized carbons (Fsp3) is 0.167. The summed E-state index contributed by atoms with van der Waals surface area (Å²) in [6, 6.07) is 11.8. The zero-order chi connectivity index (χ0) is 18.3. The zero-order valence-corrected chi connectivity index (χ0v) is 14.7. The number of hydroxylamine groups is 2. The molecule has 0 fully saturated rings. The lowest BCUT2D eigenvalue weighted by Gasteiger charge is -2.15. The molecule has 2 aromatic carbocycles. The second kappa shape index (κ2) is 6.60. The van der Waals surface area contributed by atoms with Crippen LogP contribution >= 0.6 is 11.6 Å². The molecular formula is C18H15ClFN5O. The van der Waals surface area contributed by atoms with Gasteiger partial charge in [-0.05, 0) is 30.3 Å². The van der Waals surface area contributed by atoms with E-state index < -0.39 is 0 Å². The first-order chi connectivity index (χ1) is 12.5. The summed E-state index contributed by atoms with van der Waals surface area (Å²) in [6.45, 7) is 0.419. The third-order valence-electron chi connectivity index (χ3n) is 4.13. The zero-order valence-electron chi connectivity index (χ0n) is 13.9. The minimum Gasteiger partial charge on any atom is -0.314 e. The predicted octanol–water partition coefficient (Wildman–Crippen LogP) is 3.23. The Morgan fingerprint density at radius 3 is 2.77 bits per heavy atom. The van der Waals surface area contributed by atoms with Crippen LogP contribution in [0.25, 0.3) is 5.69 Å². The number of aliphatic imine (C=N–C) groups is 1. The summed E-state index contributed by atoms with van der Waals surface area (Å²) in [7, 11) is 1.53. The van der Waals surface area contributed by atoms with E-state index in [9.17, 15) is 9.60 Å². The number of halogens is 2. The van der Waals surface area contributed by atoms with Crippen molar-refractivity contribution in [2.24, 2.45) is 4.99 Å². The maximum Gasteiger partial charge on any atom is 0.159 e. The average molecular weight is 372 g/mol. The van der Waals surface area contributed by atoms with Gasteiger partial charge in [-0.2, -0.15) is 5.06 Å². The van der Waals surface area contributed by atoms with Gasteiger partial charge in [0.2, 0.25) is 0 Å². The van der Waals surface area contributed by atoms with Crippen molar-refractivity contribution in [1.29, 1.82) is 0 Å². The smallest absolute Gasteiger partial charge is 0.159 e. The SMILES string of the molecule is CN(O)Cc1nnc2n1-c1ccc(Cl)cc1C(c1ccccc1F)=NC2. The molecule has 0 atom stereocenters. The average Bonchev–Trinajstić information content (AvgIpc) is 2.91. The van der Waals surface area contributed by atoms with Gasteiger partial charge in [0.15, 0.2) is 11.6 Å². The van der Waals surface area contributed by atoms with E-state index in [-0.39, 0.29) is 18.9 Å². The molecule has 0 saturated heterocycles. The van der Waals surface area contributed by atoms with Crippen LogP contribution in [0, 0.1) is 5.82 Å². The molecule has 0 unspecified atom stereocenters. The Balaban J connectivity index is 1.95. The van der Waals surface area contributed by atoms with Gasteiger partial charge in [0.05, 0.1) is 17.9 Å². The Hall–Kier alpha value is -2.61. The molecule has 6 nitrogen and oxygen atoms in total. The Kier molecular flexibility index (Phi) is 4.28. The summed E-state index contributed by atoms with van der Waals surface area (Å²) in [5.74, 6) is 0.806. The van der Waals surface area contributed by atoms with E-state index in [4.69, 9.17) is 11.6 Å². The highest BCUT2D eigenvalue weighted by atomic mass is 35.5. The van der Waals surface area contributed by atoms with E-state index in [0.29, 0.717) is 33.5 Å². The molecule has 132 valence electrons.